The van der Waals surface area contributed by atoms with E-state index in [0.717, 1.165) is 11.8 Å². The summed E-state index contributed by atoms with van der Waals surface area (Å²) in [5.74, 6) is 0. The van der Waals surface area contributed by atoms with Crippen LogP contribution in [0.5, 0.6) is 0 Å². The topological polar surface area (TPSA) is 54.4 Å². The Balaban J connectivity index is 3.33. The maximum absolute atomic E-state index is 11.2. The first kappa shape index (κ1) is 10.2. The van der Waals surface area contributed by atoms with Crippen LogP contribution in [0, 0.1) is 6.92 Å². The summed E-state index contributed by atoms with van der Waals surface area (Å²) in [6.07, 6.45) is 1.16. The molecule has 1 aromatic carbocycles. The largest absolute Gasteiger partial charge is 0.392 e. The first-order valence-electron chi connectivity index (χ1n) is 3.85. The molecule has 0 bridgehead atoms. The van der Waals surface area contributed by atoms with E-state index in [-0.39, 0.29) is 11.5 Å². The lowest BCUT2D eigenvalue weighted by molar-refractivity contribution is 0.281. The van der Waals surface area contributed by atoms with Crippen LogP contribution in [0.15, 0.2) is 23.1 Å². The first-order chi connectivity index (χ1) is 5.93. The minimum absolute atomic E-state index is 0.135. The molecule has 1 aromatic rings. The molecular formula is C9H12O3S. The molecule has 3 nitrogen and oxygen atoms in total. The van der Waals surface area contributed by atoms with Gasteiger partial charge in [-0.2, -0.15) is 0 Å². The zero-order valence-electron chi connectivity index (χ0n) is 7.61. The van der Waals surface area contributed by atoms with Crippen molar-refractivity contribution in [3.05, 3.63) is 29.3 Å². The van der Waals surface area contributed by atoms with Crippen LogP contribution in [-0.4, -0.2) is 19.8 Å². The summed E-state index contributed by atoms with van der Waals surface area (Å²) in [6.45, 7) is 1.66. The second-order valence-corrected chi connectivity index (χ2v) is 5.10. The third-order valence-corrected chi connectivity index (χ3v) is 2.81. The molecular weight excluding hydrogens is 188 g/mol. The van der Waals surface area contributed by atoms with Gasteiger partial charge in [-0.05, 0) is 30.2 Å². The molecule has 0 fully saturated rings. The van der Waals surface area contributed by atoms with Crippen LogP contribution in [0.25, 0.3) is 0 Å². The summed E-state index contributed by atoms with van der Waals surface area (Å²) in [5.41, 5.74) is 1.47. The number of aliphatic hydroxyl groups excluding tert-OH is 1. The van der Waals surface area contributed by atoms with E-state index in [2.05, 4.69) is 0 Å². The van der Waals surface area contributed by atoms with Gasteiger partial charge in [-0.1, -0.05) is 6.07 Å². The maximum Gasteiger partial charge on any atom is 0.175 e. The minimum atomic E-state index is -3.17. The number of sulfone groups is 1. The molecule has 72 valence electrons. The third-order valence-electron chi connectivity index (χ3n) is 1.72. The van der Waals surface area contributed by atoms with Gasteiger partial charge in [0.1, 0.15) is 0 Å². The molecule has 0 atom stereocenters. The fourth-order valence-corrected chi connectivity index (χ4v) is 1.90. The Morgan fingerprint density at radius 2 is 1.92 bits per heavy atom. The highest BCUT2D eigenvalue weighted by Crippen LogP contribution is 2.14. The van der Waals surface area contributed by atoms with E-state index in [9.17, 15) is 8.42 Å². The average Bonchev–Trinajstić information content (AvgIpc) is 2.01. The highest BCUT2D eigenvalue weighted by Gasteiger charge is 2.08. The van der Waals surface area contributed by atoms with Crippen LogP contribution >= 0.6 is 0 Å². The fourth-order valence-electron chi connectivity index (χ4n) is 1.13. The van der Waals surface area contributed by atoms with Gasteiger partial charge in [0.25, 0.3) is 0 Å². The number of hydrogen-bond acceptors (Lipinski definition) is 3. The van der Waals surface area contributed by atoms with Gasteiger partial charge in [-0.3, -0.25) is 0 Å². The molecule has 0 radical (unpaired) electrons. The first-order valence-corrected chi connectivity index (χ1v) is 5.74. The molecule has 13 heavy (non-hydrogen) atoms. The Labute approximate surface area is 77.9 Å². The van der Waals surface area contributed by atoms with Crippen molar-refractivity contribution in [3.8, 4) is 0 Å². The van der Waals surface area contributed by atoms with Gasteiger partial charge in [0, 0.05) is 6.26 Å². The van der Waals surface area contributed by atoms with E-state index in [0.29, 0.717) is 5.56 Å². The van der Waals surface area contributed by atoms with Gasteiger partial charge in [-0.25, -0.2) is 8.42 Å². The quantitative estimate of drug-likeness (QED) is 0.771. The van der Waals surface area contributed by atoms with Crippen molar-refractivity contribution in [2.24, 2.45) is 0 Å². The molecule has 4 heteroatoms. The zero-order chi connectivity index (χ0) is 10.1. The molecule has 0 saturated heterocycles. The van der Waals surface area contributed by atoms with Crippen molar-refractivity contribution in [1.29, 1.82) is 0 Å². The van der Waals surface area contributed by atoms with Gasteiger partial charge in [0.15, 0.2) is 9.84 Å². The highest BCUT2D eigenvalue weighted by atomic mass is 32.2. The summed E-state index contributed by atoms with van der Waals surface area (Å²) in [6, 6.07) is 4.84. The van der Waals surface area contributed by atoms with Gasteiger partial charge >= 0.3 is 0 Å². The number of rotatable bonds is 2. The fraction of sp³-hybridized carbons (Fsp3) is 0.333. The molecule has 0 aliphatic carbocycles. The van der Waals surface area contributed by atoms with Crippen molar-refractivity contribution < 1.29 is 13.5 Å². The van der Waals surface area contributed by atoms with E-state index in [1.165, 1.54) is 6.07 Å². The second kappa shape index (κ2) is 3.47. The monoisotopic (exact) mass is 200 g/mol. The molecule has 0 unspecified atom stereocenters. The van der Waals surface area contributed by atoms with Crippen molar-refractivity contribution in [2.75, 3.05) is 6.26 Å². The Bertz CT molecular complexity index is 407. The summed E-state index contributed by atoms with van der Waals surface area (Å²) in [4.78, 5) is 0.261. The highest BCUT2D eigenvalue weighted by molar-refractivity contribution is 7.90. The smallest absolute Gasteiger partial charge is 0.175 e. The van der Waals surface area contributed by atoms with Crippen LogP contribution in [-0.2, 0) is 16.4 Å². The Kier molecular flexibility index (Phi) is 2.73. The van der Waals surface area contributed by atoms with E-state index >= 15 is 0 Å². The number of benzene rings is 1. The van der Waals surface area contributed by atoms with E-state index in [1.54, 1.807) is 19.1 Å². The number of aliphatic hydroxyl groups is 1. The summed E-state index contributed by atoms with van der Waals surface area (Å²) >= 11 is 0. The third kappa shape index (κ3) is 2.54. The van der Waals surface area contributed by atoms with Crippen molar-refractivity contribution in [3.63, 3.8) is 0 Å². The molecule has 1 rings (SSSR count). The predicted octanol–water partition coefficient (Wildman–Crippen LogP) is 0.891. The van der Waals surface area contributed by atoms with Crippen LogP contribution in [0.2, 0.25) is 0 Å². The zero-order valence-corrected chi connectivity index (χ0v) is 8.43. The van der Waals surface area contributed by atoms with E-state index in [4.69, 9.17) is 5.11 Å². The maximum atomic E-state index is 11.2. The molecule has 0 spiro atoms. The molecule has 0 heterocycles. The Morgan fingerprint density at radius 3 is 2.38 bits per heavy atom. The van der Waals surface area contributed by atoms with Gasteiger partial charge in [-0.15, -0.1) is 0 Å². The normalized spacial score (nSPS) is 11.6. The molecule has 0 saturated carbocycles. The van der Waals surface area contributed by atoms with Gasteiger partial charge in [0.2, 0.25) is 0 Å². The molecule has 1 N–H and O–H groups in total. The van der Waals surface area contributed by atoms with Gasteiger partial charge < -0.3 is 5.11 Å². The predicted molar refractivity (Wildman–Crippen MR) is 50.2 cm³/mol. The van der Waals surface area contributed by atoms with Crippen molar-refractivity contribution >= 4 is 9.84 Å². The van der Waals surface area contributed by atoms with Crippen LogP contribution in [0.4, 0.5) is 0 Å². The molecule has 0 aliphatic rings. The van der Waals surface area contributed by atoms with Crippen molar-refractivity contribution in [2.45, 2.75) is 18.4 Å². The summed E-state index contributed by atoms with van der Waals surface area (Å²) < 4.78 is 22.3. The van der Waals surface area contributed by atoms with Crippen LogP contribution in [0.1, 0.15) is 11.1 Å². The summed E-state index contributed by atoms with van der Waals surface area (Å²) in [7, 11) is -3.17. The average molecular weight is 200 g/mol. The summed E-state index contributed by atoms with van der Waals surface area (Å²) in [5, 5.41) is 8.86. The molecule has 0 aromatic heterocycles. The standard InChI is InChI=1S/C9H12O3S/c1-7-3-8(6-10)5-9(4-7)13(2,11)12/h3-5,10H,6H2,1-2H3. The second-order valence-electron chi connectivity index (χ2n) is 3.08. The Hall–Kier alpha value is -0.870. The van der Waals surface area contributed by atoms with Gasteiger partial charge in [0.05, 0.1) is 11.5 Å². The lowest BCUT2D eigenvalue weighted by Gasteiger charge is -2.03. The number of aryl methyl sites for hydroxylation is 1. The Morgan fingerprint density at radius 1 is 1.31 bits per heavy atom. The lowest BCUT2D eigenvalue weighted by Crippen LogP contribution is -1.99. The molecule has 0 aliphatic heterocycles. The van der Waals surface area contributed by atoms with Crippen molar-refractivity contribution in [1.82, 2.24) is 0 Å². The van der Waals surface area contributed by atoms with Crippen LogP contribution in [0.3, 0.4) is 0 Å². The minimum Gasteiger partial charge on any atom is -0.392 e. The van der Waals surface area contributed by atoms with E-state index in [1.807, 2.05) is 0 Å². The van der Waals surface area contributed by atoms with E-state index < -0.39 is 9.84 Å². The lowest BCUT2D eigenvalue weighted by atomic mass is 10.1. The SMILES string of the molecule is Cc1cc(CO)cc(S(C)(=O)=O)c1. The van der Waals surface area contributed by atoms with Crippen LogP contribution < -0.4 is 0 Å². The molecule has 0 amide bonds. The number of hydrogen-bond donors (Lipinski definition) is 1.